The van der Waals surface area contributed by atoms with Crippen LogP contribution in [0.4, 0.5) is 0 Å². The number of carbonyl (C=O) groups excluding carboxylic acids is 1. The van der Waals surface area contributed by atoms with Crippen molar-refractivity contribution in [1.82, 2.24) is 4.90 Å². The Balaban J connectivity index is 2.06. The highest BCUT2D eigenvalue weighted by molar-refractivity contribution is 5.87. The molecule has 2 bridgehead atoms. The summed E-state index contributed by atoms with van der Waals surface area (Å²) in [6.07, 6.45) is 3.89. The Labute approximate surface area is 60.5 Å². The van der Waals surface area contributed by atoms with E-state index in [1.807, 2.05) is 4.90 Å². The van der Waals surface area contributed by atoms with Crippen molar-refractivity contribution in [3.8, 4) is 0 Å². The van der Waals surface area contributed by atoms with Crippen LogP contribution in [0, 0.1) is 5.92 Å². The van der Waals surface area contributed by atoms with Gasteiger partial charge in [0.1, 0.15) is 0 Å². The van der Waals surface area contributed by atoms with Crippen LogP contribution in [0.1, 0.15) is 12.8 Å². The number of carbonyl (C=O) groups is 1. The van der Waals surface area contributed by atoms with Crippen molar-refractivity contribution >= 4 is 5.91 Å². The van der Waals surface area contributed by atoms with E-state index in [1.54, 1.807) is 0 Å². The molecule has 0 spiro atoms. The molecule has 0 N–H and O–H groups in total. The van der Waals surface area contributed by atoms with E-state index in [2.05, 4.69) is 6.58 Å². The largest absolute Gasteiger partial charge is 0.336 e. The Morgan fingerprint density at radius 3 is 2.70 bits per heavy atom. The van der Waals surface area contributed by atoms with Gasteiger partial charge in [-0.2, -0.15) is 0 Å². The first-order valence-corrected chi connectivity index (χ1v) is 3.74. The number of fused-ring (bicyclic) bond motifs is 1. The second-order valence-corrected chi connectivity index (χ2v) is 3.19. The first kappa shape index (κ1) is 5.96. The summed E-state index contributed by atoms with van der Waals surface area (Å²) in [5.41, 5.74) is 0. The summed E-state index contributed by atoms with van der Waals surface area (Å²) in [7, 11) is 0. The molecule has 54 valence electrons. The lowest BCUT2D eigenvalue weighted by molar-refractivity contribution is -0.126. The van der Waals surface area contributed by atoms with Gasteiger partial charge in [0.15, 0.2) is 0 Å². The third-order valence-corrected chi connectivity index (χ3v) is 2.56. The van der Waals surface area contributed by atoms with Gasteiger partial charge in [-0.05, 0) is 24.8 Å². The van der Waals surface area contributed by atoms with E-state index in [0.29, 0.717) is 6.04 Å². The van der Waals surface area contributed by atoms with Gasteiger partial charge in [0.25, 0.3) is 0 Å². The maximum atomic E-state index is 11.1. The minimum Gasteiger partial charge on any atom is -0.336 e. The van der Waals surface area contributed by atoms with Gasteiger partial charge in [0, 0.05) is 12.6 Å². The van der Waals surface area contributed by atoms with Crippen LogP contribution in [0.5, 0.6) is 0 Å². The van der Waals surface area contributed by atoms with Crippen molar-refractivity contribution in [3.05, 3.63) is 12.7 Å². The van der Waals surface area contributed by atoms with Gasteiger partial charge in [0.2, 0.25) is 5.91 Å². The fraction of sp³-hybridized carbons (Fsp3) is 0.625. The fourth-order valence-corrected chi connectivity index (χ4v) is 1.92. The highest BCUT2D eigenvalue weighted by Gasteiger charge is 2.43. The third kappa shape index (κ3) is 0.618. The molecule has 2 saturated heterocycles. The van der Waals surface area contributed by atoms with E-state index < -0.39 is 0 Å². The second-order valence-electron chi connectivity index (χ2n) is 3.19. The molecule has 3 aliphatic rings. The average molecular weight is 137 g/mol. The Morgan fingerprint density at radius 2 is 2.30 bits per heavy atom. The van der Waals surface area contributed by atoms with Crippen molar-refractivity contribution in [2.75, 3.05) is 6.54 Å². The summed E-state index contributed by atoms with van der Waals surface area (Å²) in [5, 5.41) is 0. The molecule has 0 radical (unpaired) electrons. The third-order valence-electron chi connectivity index (χ3n) is 2.56. The van der Waals surface area contributed by atoms with Crippen molar-refractivity contribution in [2.24, 2.45) is 5.92 Å². The molecule has 2 aliphatic heterocycles. The van der Waals surface area contributed by atoms with Gasteiger partial charge in [-0.15, -0.1) is 0 Å². The highest BCUT2D eigenvalue weighted by Crippen LogP contribution is 2.40. The van der Waals surface area contributed by atoms with Crippen LogP contribution in [0.15, 0.2) is 12.7 Å². The number of nitrogens with zero attached hydrogens (tertiary/aromatic N) is 1. The summed E-state index contributed by atoms with van der Waals surface area (Å²) in [6, 6.07) is 0.565. The van der Waals surface area contributed by atoms with Crippen LogP contribution < -0.4 is 0 Å². The van der Waals surface area contributed by atoms with Crippen molar-refractivity contribution in [1.29, 1.82) is 0 Å². The Hall–Kier alpha value is -0.790. The molecular weight excluding hydrogens is 126 g/mol. The van der Waals surface area contributed by atoms with Crippen LogP contribution in [-0.4, -0.2) is 23.4 Å². The molecule has 2 heterocycles. The molecular formula is C8H11NO. The number of rotatable bonds is 1. The minimum absolute atomic E-state index is 0.116. The van der Waals surface area contributed by atoms with Crippen molar-refractivity contribution in [2.45, 2.75) is 18.9 Å². The quantitative estimate of drug-likeness (QED) is 0.489. The Morgan fingerprint density at radius 1 is 1.60 bits per heavy atom. The van der Waals surface area contributed by atoms with Gasteiger partial charge in [-0.3, -0.25) is 4.79 Å². The summed E-state index contributed by atoms with van der Waals surface area (Å²) >= 11 is 0. The normalized spacial score (nSPS) is 35.4. The van der Waals surface area contributed by atoms with E-state index in [9.17, 15) is 4.79 Å². The lowest BCUT2D eigenvalue weighted by Gasteiger charge is -2.24. The monoisotopic (exact) mass is 137 g/mol. The summed E-state index contributed by atoms with van der Waals surface area (Å²) in [5.74, 6) is 0.930. The zero-order chi connectivity index (χ0) is 7.14. The molecule has 3 rings (SSSR count). The highest BCUT2D eigenvalue weighted by atomic mass is 16.2. The molecule has 1 amide bonds. The van der Waals surface area contributed by atoms with E-state index >= 15 is 0 Å². The second kappa shape index (κ2) is 1.84. The zero-order valence-corrected chi connectivity index (χ0v) is 5.92. The Kier molecular flexibility index (Phi) is 1.10. The van der Waals surface area contributed by atoms with Gasteiger partial charge in [0.05, 0.1) is 0 Å². The molecule has 0 unspecified atom stereocenters. The molecule has 0 aromatic heterocycles. The van der Waals surface area contributed by atoms with Gasteiger partial charge in [-0.25, -0.2) is 0 Å². The van der Waals surface area contributed by atoms with Crippen LogP contribution in [0.25, 0.3) is 0 Å². The summed E-state index contributed by atoms with van der Waals surface area (Å²) in [6.45, 7) is 4.45. The molecule has 10 heavy (non-hydrogen) atoms. The lowest BCUT2D eigenvalue weighted by atomic mass is 9.86. The zero-order valence-electron chi connectivity index (χ0n) is 5.92. The number of hydrogen-bond acceptors (Lipinski definition) is 1. The molecule has 0 atom stereocenters. The van der Waals surface area contributed by atoms with Gasteiger partial charge in [-0.1, -0.05) is 6.58 Å². The smallest absolute Gasteiger partial charge is 0.246 e. The predicted molar refractivity (Wildman–Crippen MR) is 38.4 cm³/mol. The maximum absolute atomic E-state index is 11.1. The standard InChI is InChI=1S/C8H11NO/c1-2-8(10)9-5-6-3-7(9)4-6/h2,6-7H,1,3-5H2. The molecule has 2 heteroatoms. The fourth-order valence-electron chi connectivity index (χ4n) is 1.92. The van der Waals surface area contributed by atoms with E-state index in [0.717, 1.165) is 12.5 Å². The maximum Gasteiger partial charge on any atom is 0.246 e. The topological polar surface area (TPSA) is 20.3 Å². The number of hydrogen-bond donors (Lipinski definition) is 0. The minimum atomic E-state index is 0.116. The first-order valence-electron chi connectivity index (χ1n) is 3.74. The van der Waals surface area contributed by atoms with Crippen LogP contribution >= 0.6 is 0 Å². The molecule has 2 nitrogen and oxygen atoms in total. The van der Waals surface area contributed by atoms with E-state index in [1.165, 1.54) is 18.9 Å². The van der Waals surface area contributed by atoms with E-state index in [4.69, 9.17) is 0 Å². The molecule has 1 saturated carbocycles. The van der Waals surface area contributed by atoms with Gasteiger partial charge < -0.3 is 4.90 Å². The summed E-state index contributed by atoms with van der Waals surface area (Å²) in [4.78, 5) is 13.0. The van der Waals surface area contributed by atoms with Gasteiger partial charge >= 0.3 is 0 Å². The first-order chi connectivity index (χ1) is 4.81. The SMILES string of the molecule is C=CC(=O)N1CC2CC1C2. The van der Waals surface area contributed by atoms with Crippen LogP contribution in [0.3, 0.4) is 0 Å². The van der Waals surface area contributed by atoms with E-state index in [-0.39, 0.29) is 5.91 Å². The molecule has 0 aromatic rings. The summed E-state index contributed by atoms with van der Waals surface area (Å²) < 4.78 is 0. The average Bonchev–Trinajstić information content (AvgIpc) is 2.39. The van der Waals surface area contributed by atoms with Crippen molar-refractivity contribution in [3.63, 3.8) is 0 Å². The molecule has 3 fully saturated rings. The number of amides is 1. The van der Waals surface area contributed by atoms with Crippen molar-refractivity contribution < 1.29 is 4.79 Å². The lowest BCUT2D eigenvalue weighted by Crippen LogP contribution is -2.32. The molecule has 0 aromatic carbocycles. The molecule has 1 aliphatic carbocycles. The Bertz CT molecular complexity index is 182. The predicted octanol–water partition coefficient (Wildman–Crippen LogP) is 0.793. The van der Waals surface area contributed by atoms with Crippen LogP contribution in [0.2, 0.25) is 0 Å². The van der Waals surface area contributed by atoms with Crippen LogP contribution in [-0.2, 0) is 4.79 Å².